The monoisotopic (exact) mass is 1640 g/mol. The van der Waals surface area contributed by atoms with Gasteiger partial charge in [-0.3, -0.25) is 9.59 Å². The van der Waals surface area contributed by atoms with Gasteiger partial charge >= 0.3 is 0 Å². The van der Waals surface area contributed by atoms with E-state index >= 15 is 0 Å². The molecule has 41 heteroatoms. The van der Waals surface area contributed by atoms with Crippen LogP contribution in [0.4, 0.5) is 0 Å². The van der Waals surface area contributed by atoms with E-state index < -0.39 is 221 Å². The Bertz CT molecular complexity index is 2550. The number of hydroxylamine groups is 1. The summed E-state index contributed by atoms with van der Waals surface area (Å²) in [5.41, 5.74) is 2.40. The van der Waals surface area contributed by atoms with Crippen molar-refractivity contribution in [1.82, 2.24) is 10.8 Å². The topological polar surface area (TPSA) is 381 Å². The number of nitrogens with one attached hydrogen (secondary N) is 2. The first-order valence-corrected chi connectivity index (χ1v) is 37.5. The number of ether oxygens (including phenoxy) is 34. The summed E-state index contributed by atoms with van der Waals surface area (Å²) in [4.78, 5) is 31.1. The van der Waals surface area contributed by atoms with Crippen LogP contribution in [0.25, 0.3) is 0 Å². The van der Waals surface area contributed by atoms with Crippen LogP contribution in [0.5, 0.6) is 0 Å². The van der Waals surface area contributed by atoms with Crippen LogP contribution >= 0.6 is 25.3 Å². The molecule has 39 nitrogen and oxygen atoms in total. The molecular weight excluding hydrogens is 1510 g/mol. The number of amides is 2. The molecule has 2 amide bonds. The number of rotatable bonds is 47. The van der Waals surface area contributed by atoms with Crippen LogP contribution in [0.1, 0.15) is 12.8 Å². The van der Waals surface area contributed by atoms with E-state index in [2.05, 4.69) is 36.1 Å². The van der Waals surface area contributed by atoms with E-state index in [0.717, 1.165) is 0 Å². The highest BCUT2D eigenvalue weighted by molar-refractivity contribution is 7.80. The normalized spacial score (nSPS) is 41.3. The maximum absolute atomic E-state index is 13.0. The molecule has 0 unspecified atom stereocenters. The third kappa shape index (κ3) is 23.0. The highest BCUT2D eigenvalue weighted by atomic mass is 32.1. The highest BCUT2D eigenvalue weighted by Crippen LogP contribution is 2.42. The van der Waals surface area contributed by atoms with Crippen molar-refractivity contribution < 1.29 is 175 Å². The lowest BCUT2D eigenvalue weighted by Gasteiger charge is -2.52. The Balaban J connectivity index is 1.10. The Kier molecular flexibility index (Phi) is 42.5. The SMILES string of the molecule is COC[C@H]1O[C@H](O[C@H]2[C@H](OC)[C@@H](OC)[C@@H](O[C@H]3[C@H](OC)[C@@H](OC)[C@@H](O[C@H]4[C@H](OC)[C@@H](OC)[C@@H](O[C@H]5[C@H](OC)[C@@H](OC)[C@@H](O[C@H]6[C@H](OC)[C@@H](OC)[C@@H](O[C@H]7[C@H](OC)[C@@H](OC)[C@@H](ONC(=O)CCS)O[C@@H]7COC)O[C@@H]6COC)O[C@@H]5COC)O[C@@H]4COC)O[C@@H]3COC)O[C@@H]2COC)[C@H](OC)[C@@H](OC)[C@@H]1NC(=O)CCS. The Labute approximate surface area is 655 Å². The number of carbonyl (C=O) groups excluding carboxylic acids is 2. The van der Waals surface area contributed by atoms with E-state index in [9.17, 15) is 9.59 Å². The fourth-order valence-electron chi connectivity index (χ4n) is 15.4. The van der Waals surface area contributed by atoms with Crippen LogP contribution < -0.4 is 10.8 Å². The van der Waals surface area contributed by atoms with Gasteiger partial charge in [0.1, 0.15) is 165 Å². The maximum atomic E-state index is 13.0. The molecule has 0 saturated carbocycles. The van der Waals surface area contributed by atoms with Crippen LogP contribution in [-0.4, -0.2) is 434 Å². The lowest BCUT2D eigenvalue weighted by atomic mass is 9.94. The molecule has 7 saturated heterocycles. The third-order valence-corrected chi connectivity index (χ3v) is 20.8. The van der Waals surface area contributed by atoms with Gasteiger partial charge in [0.15, 0.2) is 37.7 Å². The van der Waals surface area contributed by atoms with Gasteiger partial charge < -0.3 is 166 Å². The first-order chi connectivity index (χ1) is 53.4. The summed E-state index contributed by atoms with van der Waals surface area (Å²) in [7, 11) is 31.3. The van der Waals surface area contributed by atoms with Crippen molar-refractivity contribution in [1.29, 1.82) is 0 Å². The van der Waals surface area contributed by atoms with Crippen LogP contribution in [0.15, 0.2) is 0 Å². The first-order valence-electron chi connectivity index (χ1n) is 36.2. The van der Waals surface area contributed by atoms with Crippen molar-refractivity contribution in [2.24, 2.45) is 0 Å². The van der Waals surface area contributed by atoms with E-state index in [-0.39, 0.29) is 65.0 Å². The molecule has 0 aromatic heterocycles. The summed E-state index contributed by atoms with van der Waals surface area (Å²) in [6.45, 7) is -0.231. The van der Waals surface area contributed by atoms with Gasteiger partial charge in [-0.2, -0.15) is 25.3 Å². The van der Waals surface area contributed by atoms with Crippen LogP contribution in [0.2, 0.25) is 0 Å². The van der Waals surface area contributed by atoms with Gasteiger partial charge in [0.2, 0.25) is 18.1 Å². The van der Waals surface area contributed by atoms with Crippen molar-refractivity contribution in [3.8, 4) is 0 Å². The second-order valence-corrected chi connectivity index (χ2v) is 27.5. The molecule has 110 heavy (non-hydrogen) atoms. The second-order valence-electron chi connectivity index (χ2n) is 26.6. The van der Waals surface area contributed by atoms with Gasteiger partial charge in [-0.05, 0) is 11.5 Å². The molecule has 644 valence electrons. The highest BCUT2D eigenvalue weighted by Gasteiger charge is 2.62. The van der Waals surface area contributed by atoms with Gasteiger partial charge in [-0.15, -0.1) is 0 Å². The molecule has 7 fully saturated rings. The van der Waals surface area contributed by atoms with Crippen molar-refractivity contribution in [2.45, 2.75) is 228 Å². The number of carbonyl (C=O) groups is 2. The van der Waals surface area contributed by atoms with Gasteiger partial charge in [0.25, 0.3) is 0 Å². The van der Waals surface area contributed by atoms with Crippen molar-refractivity contribution in [2.75, 3.05) is 207 Å². The van der Waals surface area contributed by atoms with Crippen LogP contribution in [0.3, 0.4) is 0 Å². The molecule has 0 aliphatic carbocycles. The lowest BCUT2D eigenvalue weighted by molar-refractivity contribution is -0.404. The van der Waals surface area contributed by atoms with Crippen LogP contribution in [-0.2, 0) is 175 Å². The molecule has 35 atom stereocenters. The zero-order valence-electron chi connectivity index (χ0n) is 67.0. The molecule has 0 spiro atoms. The Morgan fingerprint density at radius 2 is 0.436 bits per heavy atom. The fourth-order valence-corrected chi connectivity index (χ4v) is 15.8. The van der Waals surface area contributed by atoms with Gasteiger partial charge in [0, 0.05) is 162 Å². The quantitative estimate of drug-likeness (QED) is 0.0389. The smallest absolute Gasteiger partial charge is 0.244 e. The van der Waals surface area contributed by atoms with Crippen molar-refractivity contribution in [3.05, 3.63) is 0 Å². The van der Waals surface area contributed by atoms with E-state index in [4.69, 9.17) is 166 Å². The molecular formula is C69H124N2O37S2. The summed E-state index contributed by atoms with van der Waals surface area (Å²) < 4.78 is 215. The average molecular weight is 1640 g/mol. The predicted octanol–water partition coefficient (Wildman–Crippen LogP) is -1.72. The summed E-state index contributed by atoms with van der Waals surface area (Å²) in [6.07, 6.45) is -34.2. The molecule has 7 aliphatic heterocycles. The Hall–Kier alpha value is -1.76. The molecule has 0 bridgehead atoms. The number of methoxy groups -OCH3 is 21. The lowest BCUT2D eigenvalue weighted by Crippen LogP contribution is -2.70. The minimum Gasteiger partial charge on any atom is -0.382 e. The first kappa shape index (κ1) is 95.4. The number of hydrogen-bond acceptors (Lipinski definition) is 39. The minimum absolute atomic E-state index is 0.00984. The fraction of sp³-hybridized carbons (Fsp3) is 0.971. The molecule has 0 aromatic carbocycles. The third-order valence-electron chi connectivity index (χ3n) is 20.4. The number of hydrogen-bond donors (Lipinski definition) is 4. The zero-order chi connectivity index (χ0) is 80.3. The van der Waals surface area contributed by atoms with Crippen molar-refractivity contribution >= 4 is 37.1 Å². The summed E-state index contributed by atoms with van der Waals surface area (Å²) >= 11 is 8.38. The molecule has 7 heterocycles. The molecule has 0 radical (unpaired) electrons. The van der Waals surface area contributed by atoms with Gasteiger partial charge in [0.05, 0.1) is 52.3 Å². The maximum Gasteiger partial charge on any atom is 0.244 e. The molecule has 7 rings (SSSR count). The average Bonchev–Trinajstić information content (AvgIpc) is 0.761. The van der Waals surface area contributed by atoms with E-state index in [1.165, 1.54) is 149 Å². The Morgan fingerprint density at radius 3 is 0.655 bits per heavy atom. The minimum atomic E-state index is -1.26. The van der Waals surface area contributed by atoms with E-state index in [1.807, 2.05) is 0 Å². The summed E-state index contributed by atoms with van der Waals surface area (Å²) in [5.74, 6) is -0.0623. The largest absolute Gasteiger partial charge is 0.382 e. The predicted molar refractivity (Wildman–Crippen MR) is 382 cm³/mol. The number of thiol groups is 2. The summed E-state index contributed by atoms with van der Waals surface area (Å²) in [5, 5.41) is 3.00. The summed E-state index contributed by atoms with van der Waals surface area (Å²) in [6, 6.07) is -0.699. The molecule has 0 aromatic rings. The standard InChI is InChI=1S/C69H124N2O37S2/c1-74-26-33-42(70-40(72)22-24-109)49(81-8)56(88-15)63(95-33)102-43-34(27-75-2)96-64(57(89-16)50(43)82-9)103-44-35(28-76-3)97-65(58(90-17)51(44)83-10)104-45-36(29-77-4)98-66(59(91-18)52(45)84-11)105-46-37(30-78-5)99-67(60(92-19)53(46)85-12)106-47-38(31-79-6)100-68(61(93-20)54(47)86-13)107-48-39(32-80-7)101-69(62(94-21)55(48)87-14)108-71-41(73)23-25-110/h33-39,42-69,109-110H,22-32H2,1-21H3,(H,70,72)(H,71,73)/t33-,34-,35-,36-,37-,38-,39-,42-,43-,44-,45-,46-,47-,48-,49+,50+,51+,52+,53+,54+,55+,56-,57-,58-,59-,60-,61-,62-,63-,64-,65-,66-,67-,68-,69-/m1/s1. The van der Waals surface area contributed by atoms with E-state index in [0.29, 0.717) is 11.5 Å². The van der Waals surface area contributed by atoms with Gasteiger partial charge in [-0.1, -0.05) is 0 Å². The molecule has 2 N–H and O–H groups in total. The van der Waals surface area contributed by atoms with Gasteiger partial charge in [-0.25, -0.2) is 10.3 Å². The van der Waals surface area contributed by atoms with Crippen molar-refractivity contribution in [3.63, 3.8) is 0 Å². The molecule has 7 aliphatic rings. The zero-order valence-corrected chi connectivity index (χ0v) is 68.8. The van der Waals surface area contributed by atoms with Crippen LogP contribution in [0, 0.1) is 0 Å². The second kappa shape index (κ2) is 49.0. The van der Waals surface area contributed by atoms with E-state index in [1.54, 1.807) is 0 Å². The Morgan fingerprint density at radius 1 is 0.245 bits per heavy atom.